The van der Waals surface area contributed by atoms with Crippen LogP contribution in [0.5, 0.6) is 0 Å². The number of likely N-dealkylation sites (tertiary alicyclic amines) is 1. The van der Waals surface area contributed by atoms with Gasteiger partial charge in [0, 0.05) is 6.54 Å². The van der Waals surface area contributed by atoms with E-state index in [0.29, 0.717) is 6.61 Å². The zero-order valence-corrected chi connectivity index (χ0v) is 6.25. The van der Waals surface area contributed by atoms with E-state index < -0.39 is 0 Å². The molecule has 1 fully saturated rings. The second-order valence-corrected chi connectivity index (χ2v) is 2.74. The molecule has 3 nitrogen and oxygen atoms in total. The quantitative estimate of drug-likeness (QED) is 0.363. The van der Waals surface area contributed by atoms with Gasteiger partial charge in [-0.2, -0.15) is 0 Å². The van der Waals surface area contributed by atoms with Crippen molar-refractivity contribution in [1.82, 2.24) is 4.90 Å². The van der Waals surface area contributed by atoms with Crippen LogP contribution in [0.25, 0.3) is 0 Å². The summed E-state index contributed by atoms with van der Waals surface area (Å²) in [6, 6.07) is 0. The van der Waals surface area contributed by atoms with Gasteiger partial charge in [0.1, 0.15) is 0 Å². The summed E-state index contributed by atoms with van der Waals surface area (Å²) < 4.78 is 0. The van der Waals surface area contributed by atoms with Crippen LogP contribution in [-0.2, 0) is 4.89 Å². The van der Waals surface area contributed by atoms with Crippen molar-refractivity contribution >= 4 is 0 Å². The first-order chi connectivity index (χ1) is 4.93. The number of hydrogen-bond acceptors (Lipinski definition) is 3. The van der Waals surface area contributed by atoms with Gasteiger partial charge < -0.3 is 4.90 Å². The van der Waals surface area contributed by atoms with E-state index in [1.807, 2.05) is 0 Å². The zero-order valence-electron chi connectivity index (χ0n) is 6.25. The molecule has 0 aromatic heterocycles. The molecule has 0 unspecified atom stereocenters. The van der Waals surface area contributed by atoms with Crippen molar-refractivity contribution in [2.45, 2.75) is 19.3 Å². The molecule has 0 bridgehead atoms. The van der Waals surface area contributed by atoms with Crippen molar-refractivity contribution in [3.05, 3.63) is 0 Å². The Labute approximate surface area is 61.5 Å². The second kappa shape index (κ2) is 4.66. The summed E-state index contributed by atoms with van der Waals surface area (Å²) >= 11 is 0. The Balaban J connectivity index is 1.91. The minimum Gasteiger partial charge on any atom is -0.303 e. The van der Waals surface area contributed by atoms with Gasteiger partial charge in [0.05, 0.1) is 6.61 Å². The van der Waals surface area contributed by atoms with Crippen LogP contribution in [0.4, 0.5) is 0 Å². The molecule has 0 aliphatic carbocycles. The highest BCUT2D eigenvalue weighted by atomic mass is 17.1. The molecule has 0 spiro atoms. The summed E-state index contributed by atoms with van der Waals surface area (Å²) in [7, 11) is 0. The fraction of sp³-hybridized carbons (Fsp3) is 1.00. The number of nitrogens with zero attached hydrogens (tertiary/aromatic N) is 1. The van der Waals surface area contributed by atoms with Crippen LogP contribution in [0, 0.1) is 0 Å². The lowest BCUT2D eigenvalue weighted by molar-refractivity contribution is -0.242. The van der Waals surface area contributed by atoms with E-state index in [4.69, 9.17) is 5.26 Å². The minimum absolute atomic E-state index is 0.469. The molecular formula is C7H15NO2. The van der Waals surface area contributed by atoms with Crippen LogP contribution >= 0.6 is 0 Å². The number of rotatable bonds is 4. The Hall–Kier alpha value is -0.120. The normalized spacial score (nSPS) is 20.1. The Morgan fingerprint density at radius 2 is 2.00 bits per heavy atom. The van der Waals surface area contributed by atoms with E-state index >= 15 is 0 Å². The molecule has 1 N–H and O–H groups in total. The minimum atomic E-state index is 0.469. The van der Waals surface area contributed by atoms with E-state index in [1.54, 1.807) is 0 Å². The Bertz CT molecular complexity index is 81.7. The summed E-state index contributed by atoms with van der Waals surface area (Å²) in [5.74, 6) is 0. The molecule has 0 radical (unpaired) electrons. The van der Waals surface area contributed by atoms with Crippen LogP contribution in [-0.4, -0.2) is 36.4 Å². The predicted octanol–water partition coefficient (Wildman–Crippen LogP) is 0.962. The lowest BCUT2D eigenvalue weighted by Crippen LogP contribution is -2.21. The Morgan fingerprint density at radius 1 is 1.30 bits per heavy atom. The molecule has 0 aromatic rings. The van der Waals surface area contributed by atoms with Crippen molar-refractivity contribution in [3.8, 4) is 0 Å². The Kier molecular flexibility index (Phi) is 3.72. The van der Waals surface area contributed by atoms with Gasteiger partial charge in [-0.1, -0.05) is 0 Å². The van der Waals surface area contributed by atoms with Gasteiger partial charge in [0.25, 0.3) is 0 Å². The van der Waals surface area contributed by atoms with E-state index in [1.165, 1.54) is 25.9 Å². The molecule has 0 amide bonds. The lowest BCUT2D eigenvalue weighted by Gasteiger charge is -2.12. The SMILES string of the molecule is OOCCCN1CCCC1. The van der Waals surface area contributed by atoms with Crippen molar-refractivity contribution in [2.24, 2.45) is 0 Å². The molecule has 0 saturated carbocycles. The van der Waals surface area contributed by atoms with Crippen molar-refractivity contribution in [1.29, 1.82) is 0 Å². The first-order valence-corrected chi connectivity index (χ1v) is 3.92. The van der Waals surface area contributed by atoms with E-state index in [2.05, 4.69) is 9.79 Å². The third-order valence-electron chi connectivity index (χ3n) is 1.91. The third kappa shape index (κ3) is 2.64. The molecule has 1 saturated heterocycles. The molecule has 0 aromatic carbocycles. The van der Waals surface area contributed by atoms with Gasteiger partial charge in [0.15, 0.2) is 0 Å². The average Bonchev–Trinajstić information content (AvgIpc) is 2.41. The van der Waals surface area contributed by atoms with Crippen molar-refractivity contribution in [3.63, 3.8) is 0 Å². The predicted molar refractivity (Wildman–Crippen MR) is 38.9 cm³/mol. The van der Waals surface area contributed by atoms with Gasteiger partial charge >= 0.3 is 0 Å². The highest BCUT2D eigenvalue weighted by Crippen LogP contribution is 2.06. The maximum absolute atomic E-state index is 8.02. The van der Waals surface area contributed by atoms with Crippen molar-refractivity contribution < 1.29 is 10.1 Å². The van der Waals surface area contributed by atoms with E-state index in [9.17, 15) is 0 Å². The first kappa shape index (κ1) is 7.98. The molecule has 1 rings (SSSR count). The fourth-order valence-electron chi connectivity index (χ4n) is 1.36. The molecule has 1 aliphatic rings. The van der Waals surface area contributed by atoms with Gasteiger partial charge in [-0.25, -0.2) is 4.89 Å². The van der Waals surface area contributed by atoms with Gasteiger partial charge in [-0.15, -0.1) is 0 Å². The maximum atomic E-state index is 8.02. The maximum Gasteiger partial charge on any atom is 0.0831 e. The van der Waals surface area contributed by atoms with Gasteiger partial charge in [-0.05, 0) is 32.4 Å². The van der Waals surface area contributed by atoms with Crippen LogP contribution in [0.15, 0.2) is 0 Å². The summed E-state index contributed by atoms with van der Waals surface area (Å²) in [5, 5.41) is 8.02. The highest BCUT2D eigenvalue weighted by Gasteiger charge is 2.09. The Morgan fingerprint density at radius 3 is 2.60 bits per heavy atom. The molecule has 1 heterocycles. The van der Waals surface area contributed by atoms with Crippen LogP contribution in [0.1, 0.15) is 19.3 Å². The van der Waals surface area contributed by atoms with E-state index in [0.717, 1.165) is 13.0 Å². The summed E-state index contributed by atoms with van der Waals surface area (Å²) in [4.78, 5) is 6.38. The van der Waals surface area contributed by atoms with Crippen molar-refractivity contribution in [2.75, 3.05) is 26.2 Å². The standard InChI is InChI=1S/C7H15NO2/c9-10-7-3-6-8-4-1-2-5-8/h9H,1-7H2. The second-order valence-electron chi connectivity index (χ2n) is 2.74. The smallest absolute Gasteiger partial charge is 0.0831 e. The van der Waals surface area contributed by atoms with Gasteiger partial charge in [0.2, 0.25) is 0 Å². The molecule has 10 heavy (non-hydrogen) atoms. The monoisotopic (exact) mass is 145 g/mol. The molecule has 0 atom stereocenters. The molecule has 1 aliphatic heterocycles. The summed E-state index contributed by atoms with van der Waals surface area (Å²) in [5.41, 5.74) is 0. The highest BCUT2D eigenvalue weighted by molar-refractivity contribution is 4.64. The summed E-state index contributed by atoms with van der Waals surface area (Å²) in [6.45, 7) is 3.99. The largest absolute Gasteiger partial charge is 0.303 e. The van der Waals surface area contributed by atoms with Gasteiger partial charge in [-0.3, -0.25) is 5.26 Å². The fourth-order valence-corrected chi connectivity index (χ4v) is 1.36. The molecule has 60 valence electrons. The molecular weight excluding hydrogens is 130 g/mol. The topological polar surface area (TPSA) is 32.7 Å². The third-order valence-corrected chi connectivity index (χ3v) is 1.91. The zero-order chi connectivity index (χ0) is 7.23. The van der Waals surface area contributed by atoms with E-state index in [-0.39, 0.29) is 0 Å². The summed E-state index contributed by atoms with van der Waals surface area (Å²) in [6.07, 6.45) is 3.61. The van der Waals surface area contributed by atoms with Crippen LogP contribution in [0.2, 0.25) is 0 Å². The average molecular weight is 145 g/mol. The first-order valence-electron chi connectivity index (χ1n) is 3.92. The van der Waals surface area contributed by atoms with Crippen LogP contribution < -0.4 is 0 Å². The lowest BCUT2D eigenvalue weighted by atomic mass is 10.4. The number of hydrogen-bond donors (Lipinski definition) is 1. The van der Waals surface area contributed by atoms with Crippen LogP contribution in [0.3, 0.4) is 0 Å². The molecule has 3 heteroatoms.